The number of nitrogens with zero attached hydrogens (tertiary/aromatic N) is 1. The highest BCUT2D eigenvalue weighted by atomic mass is 16.5. The van der Waals surface area contributed by atoms with E-state index in [-0.39, 0.29) is 5.84 Å². The molecule has 0 heterocycles. The van der Waals surface area contributed by atoms with Crippen LogP contribution in [-0.2, 0) is 0 Å². The molecule has 112 valence electrons. The number of benzene rings is 1. The van der Waals surface area contributed by atoms with Crippen molar-refractivity contribution >= 4 is 5.84 Å². The van der Waals surface area contributed by atoms with E-state index < -0.39 is 0 Å². The van der Waals surface area contributed by atoms with Crippen LogP contribution in [0, 0.1) is 11.3 Å². The summed E-state index contributed by atoms with van der Waals surface area (Å²) in [7, 11) is 0. The first-order valence-corrected chi connectivity index (χ1v) is 7.36. The van der Waals surface area contributed by atoms with Gasteiger partial charge in [0, 0.05) is 18.7 Å². The van der Waals surface area contributed by atoms with Crippen molar-refractivity contribution in [3.05, 3.63) is 29.8 Å². The van der Waals surface area contributed by atoms with E-state index in [1.807, 2.05) is 24.3 Å². The maximum atomic E-state index is 7.34. The first kappa shape index (κ1) is 16.5. The molecule has 0 bridgehead atoms. The average molecular weight is 277 g/mol. The summed E-state index contributed by atoms with van der Waals surface area (Å²) in [5, 5.41) is 7.34. The predicted octanol–water partition coefficient (Wildman–Crippen LogP) is 2.72. The Bertz CT molecular complexity index is 403. The second kappa shape index (κ2) is 8.59. The number of nitrogens with one attached hydrogen (secondary N) is 1. The average Bonchev–Trinajstić information content (AvgIpc) is 2.46. The zero-order chi connectivity index (χ0) is 15.0. The molecular formula is C16H27N3O. The van der Waals surface area contributed by atoms with Crippen molar-refractivity contribution in [2.45, 2.75) is 27.2 Å². The fourth-order valence-corrected chi connectivity index (χ4v) is 1.97. The lowest BCUT2D eigenvalue weighted by atomic mass is 10.1. The second-order valence-corrected chi connectivity index (χ2v) is 5.19. The van der Waals surface area contributed by atoms with Gasteiger partial charge in [0.15, 0.2) is 0 Å². The van der Waals surface area contributed by atoms with Gasteiger partial charge in [-0.3, -0.25) is 10.3 Å². The van der Waals surface area contributed by atoms with E-state index in [4.69, 9.17) is 15.9 Å². The molecule has 0 saturated heterocycles. The fraction of sp³-hybridized carbons (Fsp3) is 0.562. The second-order valence-electron chi connectivity index (χ2n) is 5.19. The maximum absolute atomic E-state index is 7.34. The van der Waals surface area contributed by atoms with Crippen LogP contribution in [0.1, 0.15) is 32.8 Å². The van der Waals surface area contributed by atoms with Crippen LogP contribution in [0.15, 0.2) is 24.3 Å². The number of nitrogen functional groups attached to an aromatic ring is 1. The Kier molecular flexibility index (Phi) is 7.09. The molecule has 0 aliphatic rings. The van der Waals surface area contributed by atoms with Gasteiger partial charge in [0.05, 0.1) is 0 Å². The zero-order valence-corrected chi connectivity index (χ0v) is 12.9. The summed E-state index contributed by atoms with van der Waals surface area (Å²) < 4.78 is 5.74. The molecule has 1 rings (SSSR count). The molecule has 4 heteroatoms. The number of hydrogen-bond acceptors (Lipinski definition) is 3. The Balaban J connectivity index is 2.37. The SMILES string of the molecule is CCC(C)CN(CC)CCOc1ccc(C(=N)N)cc1. The number of ether oxygens (including phenoxy) is 1. The van der Waals surface area contributed by atoms with E-state index in [9.17, 15) is 0 Å². The van der Waals surface area contributed by atoms with Crippen molar-refractivity contribution in [2.24, 2.45) is 11.7 Å². The molecule has 1 aromatic carbocycles. The van der Waals surface area contributed by atoms with Gasteiger partial charge in [-0.2, -0.15) is 0 Å². The van der Waals surface area contributed by atoms with Gasteiger partial charge in [0.25, 0.3) is 0 Å². The summed E-state index contributed by atoms with van der Waals surface area (Å²) in [6.45, 7) is 10.5. The van der Waals surface area contributed by atoms with Crippen LogP contribution < -0.4 is 10.5 Å². The first-order chi connectivity index (χ1) is 9.56. The minimum absolute atomic E-state index is 0.0854. The third-order valence-corrected chi connectivity index (χ3v) is 3.56. The molecule has 0 fully saturated rings. The van der Waals surface area contributed by atoms with E-state index in [1.54, 1.807) is 0 Å². The standard InChI is InChI=1S/C16H27N3O/c1-4-13(3)12-19(5-2)10-11-20-15-8-6-14(7-9-15)16(17)18/h6-9,13H,4-5,10-12H2,1-3H3,(H3,17,18). The summed E-state index contributed by atoms with van der Waals surface area (Å²) in [4.78, 5) is 2.41. The molecule has 1 aromatic rings. The van der Waals surface area contributed by atoms with Gasteiger partial charge in [0.1, 0.15) is 18.2 Å². The predicted molar refractivity (Wildman–Crippen MR) is 84.5 cm³/mol. The van der Waals surface area contributed by atoms with Gasteiger partial charge >= 0.3 is 0 Å². The van der Waals surface area contributed by atoms with Crippen LogP contribution in [-0.4, -0.2) is 37.0 Å². The van der Waals surface area contributed by atoms with E-state index in [0.29, 0.717) is 6.61 Å². The third-order valence-electron chi connectivity index (χ3n) is 3.56. The van der Waals surface area contributed by atoms with Crippen LogP contribution in [0.4, 0.5) is 0 Å². The van der Waals surface area contributed by atoms with Crippen LogP contribution in [0.2, 0.25) is 0 Å². The van der Waals surface area contributed by atoms with Gasteiger partial charge in [0.2, 0.25) is 0 Å². The lowest BCUT2D eigenvalue weighted by Crippen LogP contribution is -2.32. The molecule has 20 heavy (non-hydrogen) atoms. The molecule has 0 amide bonds. The van der Waals surface area contributed by atoms with E-state index >= 15 is 0 Å². The van der Waals surface area contributed by atoms with Gasteiger partial charge < -0.3 is 10.5 Å². The zero-order valence-electron chi connectivity index (χ0n) is 12.9. The molecule has 0 saturated carbocycles. The van der Waals surface area contributed by atoms with E-state index in [1.165, 1.54) is 6.42 Å². The lowest BCUT2D eigenvalue weighted by Gasteiger charge is -2.23. The minimum Gasteiger partial charge on any atom is -0.492 e. The Morgan fingerprint density at radius 1 is 1.30 bits per heavy atom. The summed E-state index contributed by atoms with van der Waals surface area (Å²) in [6.07, 6.45) is 1.21. The molecule has 0 aliphatic heterocycles. The molecule has 1 unspecified atom stereocenters. The van der Waals surface area contributed by atoms with Crippen LogP contribution >= 0.6 is 0 Å². The summed E-state index contributed by atoms with van der Waals surface area (Å²) >= 11 is 0. The Hall–Kier alpha value is -1.55. The van der Waals surface area contributed by atoms with Crippen molar-refractivity contribution in [3.63, 3.8) is 0 Å². The molecular weight excluding hydrogens is 250 g/mol. The molecule has 0 radical (unpaired) electrons. The van der Waals surface area contributed by atoms with Crippen molar-refractivity contribution < 1.29 is 4.74 Å². The van der Waals surface area contributed by atoms with Crippen molar-refractivity contribution in [2.75, 3.05) is 26.2 Å². The molecule has 3 N–H and O–H groups in total. The van der Waals surface area contributed by atoms with E-state index in [0.717, 1.165) is 36.9 Å². The Morgan fingerprint density at radius 2 is 1.95 bits per heavy atom. The fourth-order valence-electron chi connectivity index (χ4n) is 1.97. The van der Waals surface area contributed by atoms with Crippen molar-refractivity contribution in [1.82, 2.24) is 4.90 Å². The summed E-state index contributed by atoms with van der Waals surface area (Å²) in [5.41, 5.74) is 6.14. The van der Waals surface area contributed by atoms with Crippen LogP contribution in [0.25, 0.3) is 0 Å². The molecule has 1 atom stereocenters. The number of rotatable bonds is 9. The first-order valence-electron chi connectivity index (χ1n) is 7.36. The highest BCUT2D eigenvalue weighted by molar-refractivity contribution is 5.94. The summed E-state index contributed by atoms with van der Waals surface area (Å²) in [5.74, 6) is 1.64. The Morgan fingerprint density at radius 3 is 2.45 bits per heavy atom. The van der Waals surface area contributed by atoms with Gasteiger partial charge in [-0.15, -0.1) is 0 Å². The van der Waals surface area contributed by atoms with Crippen molar-refractivity contribution in [1.29, 1.82) is 5.41 Å². The molecule has 4 nitrogen and oxygen atoms in total. The number of hydrogen-bond donors (Lipinski definition) is 2. The van der Waals surface area contributed by atoms with Gasteiger partial charge in [-0.25, -0.2) is 0 Å². The minimum atomic E-state index is 0.0854. The Labute approximate surface area is 122 Å². The molecule has 0 spiro atoms. The maximum Gasteiger partial charge on any atom is 0.122 e. The summed E-state index contributed by atoms with van der Waals surface area (Å²) in [6, 6.07) is 7.35. The van der Waals surface area contributed by atoms with Crippen LogP contribution in [0.3, 0.4) is 0 Å². The third kappa shape index (κ3) is 5.61. The highest BCUT2D eigenvalue weighted by Crippen LogP contribution is 2.12. The smallest absolute Gasteiger partial charge is 0.122 e. The number of amidine groups is 1. The monoisotopic (exact) mass is 277 g/mol. The van der Waals surface area contributed by atoms with E-state index in [2.05, 4.69) is 25.7 Å². The molecule has 0 aromatic heterocycles. The largest absolute Gasteiger partial charge is 0.492 e. The van der Waals surface area contributed by atoms with Gasteiger partial charge in [-0.1, -0.05) is 27.2 Å². The number of likely N-dealkylation sites (N-methyl/N-ethyl adjacent to an activating group) is 1. The highest BCUT2D eigenvalue weighted by Gasteiger charge is 2.07. The van der Waals surface area contributed by atoms with Gasteiger partial charge in [-0.05, 0) is 36.7 Å². The normalized spacial score (nSPS) is 12.4. The van der Waals surface area contributed by atoms with Crippen LogP contribution in [0.5, 0.6) is 5.75 Å². The van der Waals surface area contributed by atoms with Crippen molar-refractivity contribution in [3.8, 4) is 5.75 Å². The number of nitrogens with two attached hydrogens (primary N) is 1. The quantitative estimate of drug-likeness (QED) is 0.539. The topological polar surface area (TPSA) is 62.3 Å². The lowest BCUT2D eigenvalue weighted by molar-refractivity contribution is 0.194. The molecule has 0 aliphatic carbocycles.